The first kappa shape index (κ1) is 16.7. The molecule has 0 atom stereocenters. The Balaban J connectivity index is 1.81. The molecule has 0 aliphatic rings. The summed E-state index contributed by atoms with van der Waals surface area (Å²) < 4.78 is 17.8. The van der Waals surface area contributed by atoms with Crippen LogP contribution < -0.4 is 5.32 Å². The number of hydrogen-bond donors (Lipinski definition) is 1. The quantitative estimate of drug-likeness (QED) is 0.863. The van der Waals surface area contributed by atoms with Gasteiger partial charge in [0.2, 0.25) is 0 Å². The molecular formula is C18H18FNO3. The molecule has 0 bridgehead atoms. The highest BCUT2D eigenvalue weighted by molar-refractivity contribution is 5.91. The monoisotopic (exact) mass is 315 g/mol. The first-order valence-corrected chi connectivity index (χ1v) is 7.20. The Labute approximate surface area is 134 Å². The first-order valence-electron chi connectivity index (χ1n) is 7.20. The maximum Gasteiger partial charge on any atom is 0.338 e. The number of carbonyl (C=O) groups excluding carboxylic acids is 2. The molecule has 0 saturated carbocycles. The van der Waals surface area contributed by atoms with Crippen LogP contribution in [0.4, 0.5) is 4.39 Å². The molecule has 0 unspecified atom stereocenters. The van der Waals surface area contributed by atoms with Crippen LogP contribution in [0.5, 0.6) is 0 Å². The van der Waals surface area contributed by atoms with E-state index >= 15 is 0 Å². The van der Waals surface area contributed by atoms with Gasteiger partial charge in [-0.2, -0.15) is 0 Å². The highest BCUT2D eigenvalue weighted by atomic mass is 19.1. The molecule has 5 heteroatoms. The lowest BCUT2D eigenvalue weighted by atomic mass is 10.1. The minimum atomic E-state index is -0.534. The molecule has 0 spiro atoms. The molecule has 0 fully saturated rings. The first-order chi connectivity index (χ1) is 10.9. The molecular weight excluding hydrogens is 297 g/mol. The van der Waals surface area contributed by atoms with Gasteiger partial charge in [-0.3, -0.25) is 4.79 Å². The van der Waals surface area contributed by atoms with Crippen molar-refractivity contribution in [3.63, 3.8) is 0 Å². The lowest BCUT2D eigenvalue weighted by molar-refractivity contribution is -0.124. The van der Waals surface area contributed by atoms with E-state index in [4.69, 9.17) is 4.74 Å². The van der Waals surface area contributed by atoms with E-state index in [1.165, 1.54) is 12.1 Å². The summed E-state index contributed by atoms with van der Waals surface area (Å²) in [6, 6.07) is 11.2. The van der Waals surface area contributed by atoms with Gasteiger partial charge in [-0.25, -0.2) is 9.18 Å². The fourth-order valence-corrected chi connectivity index (χ4v) is 2.16. The molecule has 0 aliphatic carbocycles. The highest BCUT2D eigenvalue weighted by Crippen LogP contribution is 2.10. The number of carbonyl (C=O) groups is 2. The van der Waals surface area contributed by atoms with Crippen LogP contribution in [-0.4, -0.2) is 18.5 Å². The molecule has 0 aliphatic heterocycles. The van der Waals surface area contributed by atoms with Crippen molar-refractivity contribution in [1.82, 2.24) is 5.32 Å². The average molecular weight is 315 g/mol. The van der Waals surface area contributed by atoms with E-state index in [0.29, 0.717) is 5.56 Å². The zero-order chi connectivity index (χ0) is 16.8. The topological polar surface area (TPSA) is 55.4 Å². The average Bonchev–Trinajstić information content (AvgIpc) is 2.51. The smallest absolute Gasteiger partial charge is 0.338 e. The Kier molecular flexibility index (Phi) is 5.46. The van der Waals surface area contributed by atoms with Crippen molar-refractivity contribution in [2.75, 3.05) is 6.61 Å². The summed E-state index contributed by atoms with van der Waals surface area (Å²) in [4.78, 5) is 23.6. The number of amides is 1. The van der Waals surface area contributed by atoms with Crippen molar-refractivity contribution in [3.8, 4) is 0 Å². The number of aryl methyl sites for hydroxylation is 2. The molecule has 1 N–H and O–H groups in total. The van der Waals surface area contributed by atoms with E-state index < -0.39 is 11.9 Å². The third-order valence-corrected chi connectivity index (χ3v) is 3.19. The number of benzene rings is 2. The van der Waals surface area contributed by atoms with Gasteiger partial charge in [0, 0.05) is 6.54 Å². The van der Waals surface area contributed by atoms with Crippen molar-refractivity contribution in [2.45, 2.75) is 20.4 Å². The van der Waals surface area contributed by atoms with Gasteiger partial charge in [-0.1, -0.05) is 29.3 Å². The van der Waals surface area contributed by atoms with Crippen molar-refractivity contribution >= 4 is 11.9 Å². The van der Waals surface area contributed by atoms with Crippen LogP contribution in [0.3, 0.4) is 0 Å². The second kappa shape index (κ2) is 7.54. The van der Waals surface area contributed by atoms with Crippen LogP contribution in [0.2, 0.25) is 0 Å². The van der Waals surface area contributed by atoms with E-state index in [9.17, 15) is 14.0 Å². The standard InChI is InChI=1S/C18H18FNO3/c1-12-7-13(2)9-15(8-12)18(22)23-11-17(21)20-10-14-3-5-16(19)6-4-14/h3-9H,10-11H2,1-2H3,(H,20,21). The van der Waals surface area contributed by atoms with Gasteiger partial charge in [0.1, 0.15) is 5.82 Å². The summed E-state index contributed by atoms with van der Waals surface area (Å²) in [7, 11) is 0. The molecule has 4 nitrogen and oxygen atoms in total. The predicted molar refractivity (Wildman–Crippen MR) is 84.4 cm³/mol. The Morgan fingerprint density at radius 1 is 1.04 bits per heavy atom. The fraction of sp³-hybridized carbons (Fsp3) is 0.222. The van der Waals surface area contributed by atoms with Crippen LogP contribution in [0.25, 0.3) is 0 Å². The molecule has 120 valence electrons. The van der Waals surface area contributed by atoms with Crippen molar-refractivity contribution in [1.29, 1.82) is 0 Å². The van der Waals surface area contributed by atoms with Gasteiger partial charge in [-0.05, 0) is 43.7 Å². The zero-order valence-corrected chi connectivity index (χ0v) is 13.1. The lowest BCUT2D eigenvalue weighted by Crippen LogP contribution is -2.28. The largest absolute Gasteiger partial charge is 0.452 e. The number of hydrogen-bond acceptors (Lipinski definition) is 3. The van der Waals surface area contributed by atoms with E-state index in [-0.39, 0.29) is 19.0 Å². The molecule has 0 radical (unpaired) electrons. The molecule has 2 aromatic rings. The van der Waals surface area contributed by atoms with E-state index in [1.54, 1.807) is 24.3 Å². The summed E-state index contributed by atoms with van der Waals surface area (Å²) in [5, 5.41) is 2.61. The van der Waals surface area contributed by atoms with E-state index in [2.05, 4.69) is 5.32 Å². The second-order valence-electron chi connectivity index (χ2n) is 5.36. The Bertz CT molecular complexity index is 690. The van der Waals surface area contributed by atoms with E-state index in [0.717, 1.165) is 16.7 Å². The zero-order valence-electron chi connectivity index (χ0n) is 13.1. The van der Waals surface area contributed by atoms with Crippen LogP contribution in [0, 0.1) is 19.7 Å². The van der Waals surface area contributed by atoms with Gasteiger partial charge in [-0.15, -0.1) is 0 Å². The second-order valence-corrected chi connectivity index (χ2v) is 5.36. The van der Waals surface area contributed by atoms with Crippen molar-refractivity contribution < 1.29 is 18.7 Å². The summed E-state index contributed by atoms with van der Waals surface area (Å²) in [5.74, 6) is -1.27. The SMILES string of the molecule is Cc1cc(C)cc(C(=O)OCC(=O)NCc2ccc(F)cc2)c1. The summed E-state index contributed by atoms with van der Waals surface area (Å²) in [6.07, 6.45) is 0. The highest BCUT2D eigenvalue weighted by Gasteiger charge is 2.11. The normalized spacial score (nSPS) is 10.2. The number of halogens is 1. The van der Waals surface area contributed by atoms with Gasteiger partial charge in [0.05, 0.1) is 5.56 Å². The third kappa shape index (κ3) is 5.21. The summed E-state index contributed by atoms with van der Waals surface area (Å²) in [6.45, 7) is 3.67. The number of nitrogens with one attached hydrogen (secondary N) is 1. The molecule has 1 amide bonds. The lowest BCUT2D eigenvalue weighted by Gasteiger charge is -2.08. The minimum absolute atomic E-state index is 0.250. The molecule has 2 aromatic carbocycles. The molecule has 2 rings (SSSR count). The van der Waals surface area contributed by atoms with Crippen LogP contribution in [0.15, 0.2) is 42.5 Å². The Morgan fingerprint density at radius 3 is 2.26 bits per heavy atom. The van der Waals surface area contributed by atoms with Gasteiger partial charge < -0.3 is 10.1 Å². The molecule has 0 heterocycles. The van der Waals surface area contributed by atoms with Gasteiger partial charge in [0.15, 0.2) is 6.61 Å². The van der Waals surface area contributed by atoms with Gasteiger partial charge >= 0.3 is 5.97 Å². The number of ether oxygens (including phenoxy) is 1. The third-order valence-electron chi connectivity index (χ3n) is 3.19. The Hall–Kier alpha value is -2.69. The Morgan fingerprint density at radius 2 is 1.65 bits per heavy atom. The van der Waals surface area contributed by atoms with Crippen LogP contribution in [-0.2, 0) is 16.1 Å². The number of esters is 1. The summed E-state index contributed by atoms with van der Waals surface area (Å²) in [5.41, 5.74) is 3.10. The van der Waals surface area contributed by atoms with Crippen molar-refractivity contribution in [2.24, 2.45) is 0 Å². The molecule has 0 aromatic heterocycles. The van der Waals surface area contributed by atoms with E-state index in [1.807, 2.05) is 19.9 Å². The summed E-state index contributed by atoms with van der Waals surface area (Å²) >= 11 is 0. The molecule has 0 saturated heterocycles. The van der Waals surface area contributed by atoms with Crippen LogP contribution in [0.1, 0.15) is 27.0 Å². The number of rotatable bonds is 5. The fourth-order valence-electron chi connectivity index (χ4n) is 2.16. The van der Waals surface area contributed by atoms with Crippen LogP contribution >= 0.6 is 0 Å². The maximum absolute atomic E-state index is 12.8. The minimum Gasteiger partial charge on any atom is -0.452 e. The molecule has 23 heavy (non-hydrogen) atoms. The maximum atomic E-state index is 12.8. The van der Waals surface area contributed by atoms with Crippen molar-refractivity contribution in [3.05, 3.63) is 70.5 Å². The van der Waals surface area contributed by atoms with Gasteiger partial charge in [0.25, 0.3) is 5.91 Å². The predicted octanol–water partition coefficient (Wildman–Crippen LogP) is 2.92.